The maximum atomic E-state index is 14.7. The third-order valence-corrected chi connectivity index (χ3v) is 9.48. The molecule has 36 heavy (non-hydrogen) atoms. The SMILES string of the molecule is Cc1nsc2ccc(S(=O)(=O)N3CCC(n4c(-c5ccc(F)cc5F)nc5cccnc54)CC3)cc12. The van der Waals surface area contributed by atoms with E-state index in [1.165, 1.54) is 28.0 Å². The maximum absolute atomic E-state index is 14.7. The van der Waals surface area contributed by atoms with E-state index in [4.69, 9.17) is 0 Å². The molecule has 11 heteroatoms. The van der Waals surface area contributed by atoms with Crippen molar-refractivity contribution in [2.24, 2.45) is 0 Å². The number of rotatable bonds is 4. The zero-order valence-corrected chi connectivity index (χ0v) is 20.9. The van der Waals surface area contributed by atoms with E-state index >= 15 is 0 Å². The first-order chi connectivity index (χ1) is 17.3. The van der Waals surface area contributed by atoms with Crippen LogP contribution in [0.5, 0.6) is 0 Å². The Morgan fingerprint density at radius 1 is 1.06 bits per heavy atom. The fourth-order valence-electron chi connectivity index (χ4n) is 4.82. The lowest BCUT2D eigenvalue weighted by Crippen LogP contribution is -2.39. The molecule has 184 valence electrons. The summed E-state index contributed by atoms with van der Waals surface area (Å²) in [5.74, 6) is -1.02. The van der Waals surface area contributed by atoms with Crippen molar-refractivity contribution in [1.29, 1.82) is 0 Å². The number of hydrogen-bond acceptors (Lipinski definition) is 6. The van der Waals surface area contributed by atoms with Gasteiger partial charge in [0.25, 0.3) is 0 Å². The van der Waals surface area contributed by atoms with Crippen molar-refractivity contribution in [2.45, 2.75) is 30.7 Å². The van der Waals surface area contributed by atoms with Crippen LogP contribution in [0.25, 0.3) is 32.6 Å². The number of halogens is 2. The lowest BCUT2D eigenvalue weighted by atomic mass is 10.1. The molecule has 0 radical (unpaired) electrons. The molecule has 0 N–H and O–H groups in total. The Labute approximate surface area is 210 Å². The summed E-state index contributed by atoms with van der Waals surface area (Å²) >= 11 is 1.35. The van der Waals surface area contributed by atoms with Crippen molar-refractivity contribution in [2.75, 3.05) is 13.1 Å². The molecule has 6 rings (SSSR count). The molecule has 4 heterocycles. The third-order valence-electron chi connectivity index (χ3n) is 6.67. The molecule has 0 saturated carbocycles. The normalized spacial score (nSPS) is 15.8. The summed E-state index contributed by atoms with van der Waals surface area (Å²) in [5.41, 5.74) is 2.17. The molecule has 0 spiro atoms. The zero-order valence-electron chi connectivity index (χ0n) is 19.2. The Morgan fingerprint density at radius 3 is 2.64 bits per heavy atom. The fourth-order valence-corrected chi connectivity index (χ4v) is 7.09. The van der Waals surface area contributed by atoms with Gasteiger partial charge in [-0.2, -0.15) is 8.68 Å². The van der Waals surface area contributed by atoms with Crippen molar-refractivity contribution in [3.8, 4) is 11.4 Å². The van der Waals surface area contributed by atoms with E-state index in [9.17, 15) is 17.2 Å². The van der Waals surface area contributed by atoms with Crippen LogP contribution in [0, 0.1) is 18.6 Å². The monoisotopic (exact) mass is 525 g/mol. The van der Waals surface area contributed by atoms with Crippen molar-refractivity contribution < 1.29 is 17.2 Å². The minimum absolute atomic E-state index is 0.151. The minimum Gasteiger partial charge on any atom is -0.305 e. The Balaban J connectivity index is 1.32. The van der Waals surface area contributed by atoms with E-state index in [0.717, 1.165) is 21.8 Å². The number of imidazole rings is 1. The second-order valence-electron chi connectivity index (χ2n) is 8.84. The van der Waals surface area contributed by atoms with Crippen molar-refractivity contribution in [1.82, 2.24) is 23.2 Å². The van der Waals surface area contributed by atoms with E-state index in [0.29, 0.717) is 42.9 Å². The molecule has 1 fully saturated rings. The van der Waals surface area contributed by atoms with Gasteiger partial charge in [0.2, 0.25) is 10.0 Å². The summed E-state index contributed by atoms with van der Waals surface area (Å²) in [4.78, 5) is 9.31. The standard InChI is InChI=1S/C25H21F2N5O2S2/c1-15-20-14-18(5-7-23(20)35-30-15)36(33,34)31-11-8-17(9-12-31)32-24(19-6-4-16(26)13-21(19)27)29-22-3-2-10-28-25(22)32/h2-7,10,13-14,17H,8-9,11-12H2,1H3. The number of nitrogens with zero attached hydrogens (tertiary/aromatic N) is 5. The molecule has 0 unspecified atom stereocenters. The summed E-state index contributed by atoms with van der Waals surface area (Å²) in [5, 5.41) is 0.845. The topological polar surface area (TPSA) is 81.0 Å². The average molecular weight is 526 g/mol. The van der Waals surface area contributed by atoms with Crippen LogP contribution >= 0.6 is 11.5 Å². The second-order valence-corrected chi connectivity index (χ2v) is 11.6. The average Bonchev–Trinajstić information content (AvgIpc) is 3.44. The lowest BCUT2D eigenvalue weighted by Gasteiger charge is -2.32. The Kier molecular flexibility index (Phi) is 5.58. The first-order valence-corrected chi connectivity index (χ1v) is 13.7. The second kappa shape index (κ2) is 8.68. The predicted molar refractivity (Wildman–Crippen MR) is 134 cm³/mol. The van der Waals surface area contributed by atoms with Gasteiger partial charge in [-0.25, -0.2) is 27.2 Å². The molecule has 0 amide bonds. The molecule has 0 bridgehead atoms. The van der Waals surface area contributed by atoms with E-state index < -0.39 is 21.7 Å². The van der Waals surface area contributed by atoms with Crippen LogP contribution in [0.2, 0.25) is 0 Å². The fraction of sp³-hybridized carbons (Fsp3) is 0.240. The predicted octanol–water partition coefficient (Wildman–Crippen LogP) is 5.32. The lowest BCUT2D eigenvalue weighted by molar-refractivity contribution is 0.278. The number of aryl methyl sites for hydroxylation is 1. The molecule has 5 aromatic rings. The van der Waals surface area contributed by atoms with Crippen LogP contribution in [-0.2, 0) is 10.0 Å². The van der Waals surface area contributed by atoms with Crippen molar-refractivity contribution in [3.63, 3.8) is 0 Å². The summed E-state index contributed by atoms with van der Waals surface area (Å²) in [7, 11) is -3.69. The van der Waals surface area contributed by atoms with Crippen molar-refractivity contribution >= 4 is 42.8 Å². The van der Waals surface area contributed by atoms with E-state index in [2.05, 4.69) is 14.3 Å². The van der Waals surface area contributed by atoms with Crippen LogP contribution < -0.4 is 0 Å². The third kappa shape index (κ3) is 3.78. The zero-order chi connectivity index (χ0) is 25.0. The van der Waals surface area contributed by atoms with Gasteiger partial charge in [-0.1, -0.05) is 0 Å². The van der Waals surface area contributed by atoms with Crippen LogP contribution in [0.1, 0.15) is 24.6 Å². The first-order valence-electron chi connectivity index (χ1n) is 11.5. The van der Waals surface area contributed by atoms with Crippen LogP contribution in [-0.4, -0.2) is 44.7 Å². The summed E-state index contributed by atoms with van der Waals surface area (Å²) in [6, 6.07) is 11.9. The molecule has 1 aliphatic heterocycles. The maximum Gasteiger partial charge on any atom is 0.243 e. The van der Waals surface area contributed by atoms with Gasteiger partial charge in [-0.15, -0.1) is 0 Å². The van der Waals surface area contributed by atoms with Crippen LogP contribution in [0.15, 0.2) is 59.6 Å². The number of benzene rings is 2. The van der Waals surface area contributed by atoms with Gasteiger partial charge in [0.15, 0.2) is 5.65 Å². The number of sulfonamides is 1. The Hall–Kier alpha value is -3.28. The smallest absolute Gasteiger partial charge is 0.243 e. The number of aromatic nitrogens is 4. The largest absolute Gasteiger partial charge is 0.305 e. The quantitative estimate of drug-likeness (QED) is 0.317. The number of fused-ring (bicyclic) bond motifs is 2. The van der Waals surface area contributed by atoms with Crippen LogP contribution in [0.3, 0.4) is 0 Å². The number of pyridine rings is 1. The molecule has 0 atom stereocenters. The van der Waals surface area contributed by atoms with E-state index in [1.807, 2.05) is 11.5 Å². The van der Waals surface area contributed by atoms with Gasteiger partial charge >= 0.3 is 0 Å². The van der Waals surface area contributed by atoms with Gasteiger partial charge in [0, 0.05) is 36.8 Å². The van der Waals surface area contributed by atoms with E-state index in [1.54, 1.807) is 36.5 Å². The highest BCUT2D eigenvalue weighted by atomic mass is 32.2. The van der Waals surface area contributed by atoms with E-state index in [-0.39, 0.29) is 16.5 Å². The Morgan fingerprint density at radius 2 is 1.86 bits per heavy atom. The van der Waals surface area contributed by atoms with Gasteiger partial charge in [0.1, 0.15) is 23.0 Å². The Bertz CT molecular complexity index is 1720. The molecular formula is C25H21F2N5O2S2. The molecule has 2 aromatic carbocycles. The molecule has 1 aliphatic rings. The van der Waals surface area contributed by atoms with Crippen LogP contribution in [0.4, 0.5) is 8.78 Å². The van der Waals surface area contributed by atoms with Gasteiger partial charge in [0.05, 0.1) is 20.9 Å². The summed E-state index contributed by atoms with van der Waals surface area (Å²) in [6.45, 7) is 2.46. The minimum atomic E-state index is -3.69. The van der Waals surface area contributed by atoms with Gasteiger partial charge < -0.3 is 4.57 Å². The van der Waals surface area contributed by atoms with Crippen molar-refractivity contribution in [3.05, 3.63) is 72.1 Å². The highest BCUT2D eigenvalue weighted by molar-refractivity contribution is 7.89. The highest BCUT2D eigenvalue weighted by Gasteiger charge is 2.32. The first kappa shape index (κ1) is 23.1. The van der Waals surface area contributed by atoms with Gasteiger partial charge in [-0.3, -0.25) is 0 Å². The molecule has 1 saturated heterocycles. The molecule has 3 aromatic heterocycles. The molecule has 7 nitrogen and oxygen atoms in total. The summed E-state index contributed by atoms with van der Waals surface area (Å²) in [6.07, 6.45) is 2.64. The highest BCUT2D eigenvalue weighted by Crippen LogP contribution is 2.35. The molecule has 0 aliphatic carbocycles. The molecular weight excluding hydrogens is 504 g/mol. The number of hydrogen-bond donors (Lipinski definition) is 0. The summed E-state index contributed by atoms with van der Waals surface area (Å²) < 4.78 is 63.8. The van der Waals surface area contributed by atoms with Gasteiger partial charge in [-0.05, 0) is 73.8 Å². The number of piperidine rings is 1.